The highest BCUT2D eigenvalue weighted by Crippen LogP contribution is 2.23. The van der Waals surface area contributed by atoms with Gasteiger partial charge < -0.3 is 15.4 Å². The normalized spacial score (nSPS) is 12.9. The molecule has 0 saturated carbocycles. The highest BCUT2D eigenvalue weighted by Gasteiger charge is 2.10. The van der Waals surface area contributed by atoms with Crippen LogP contribution in [0.25, 0.3) is 0 Å². The van der Waals surface area contributed by atoms with Crippen LogP contribution < -0.4 is 10.5 Å². The smallest absolute Gasteiger partial charge is 0.137 e. The third kappa shape index (κ3) is 3.70. The van der Waals surface area contributed by atoms with Crippen LogP contribution in [0.2, 0.25) is 5.02 Å². The first kappa shape index (κ1) is 12.3. The summed E-state index contributed by atoms with van der Waals surface area (Å²) in [6.45, 7) is 1.12. The highest BCUT2D eigenvalue weighted by atomic mass is 35.5. The van der Waals surface area contributed by atoms with Crippen LogP contribution in [0, 0.1) is 0 Å². The minimum Gasteiger partial charge on any atom is -0.490 e. The molecule has 1 rings (SSSR count). The van der Waals surface area contributed by atoms with Crippen molar-refractivity contribution in [2.75, 3.05) is 27.2 Å². The summed E-state index contributed by atoms with van der Waals surface area (Å²) in [4.78, 5) is 2.04. The van der Waals surface area contributed by atoms with Crippen molar-refractivity contribution in [3.8, 4) is 5.75 Å². The van der Waals surface area contributed by atoms with Crippen LogP contribution >= 0.6 is 11.6 Å². The molecule has 0 saturated heterocycles. The first-order chi connectivity index (χ1) is 7.15. The summed E-state index contributed by atoms with van der Waals surface area (Å²) in [6, 6.07) is 7.65. The number of nitrogens with two attached hydrogens (primary N) is 1. The third-order valence-corrected chi connectivity index (χ3v) is 2.58. The fourth-order valence-electron chi connectivity index (χ4n) is 1.18. The molecule has 1 unspecified atom stereocenters. The molecule has 0 radical (unpaired) electrons. The second-order valence-electron chi connectivity index (χ2n) is 3.59. The van der Waals surface area contributed by atoms with E-state index in [-0.39, 0.29) is 6.04 Å². The van der Waals surface area contributed by atoms with E-state index >= 15 is 0 Å². The lowest BCUT2D eigenvalue weighted by Crippen LogP contribution is -2.39. The van der Waals surface area contributed by atoms with Crippen molar-refractivity contribution in [2.24, 2.45) is 5.73 Å². The number of likely N-dealkylation sites (N-methyl/N-ethyl adjacent to an activating group) is 1. The summed E-state index contributed by atoms with van der Waals surface area (Å²) in [7, 11) is 3.96. The Bertz CT molecular complexity index is 304. The monoisotopic (exact) mass is 228 g/mol. The van der Waals surface area contributed by atoms with Crippen LogP contribution in [0.1, 0.15) is 0 Å². The molecular formula is C11H17ClN2O. The Kier molecular flexibility index (Phi) is 4.88. The fraction of sp³-hybridized carbons (Fsp3) is 0.455. The van der Waals surface area contributed by atoms with Gasteiger partial charge in [-0.15, -0.1) is 0 Å². The number of hydrogen-bond donors (Lipinski definition) is 1. The largest absolute Gasteiger partial charge is 0.490 e. The molecule has 2 N–H and O–H groups in total. The summed E-state index contributed by atoms with van der Waals surface area (Å²) in [5, 5.41) is 0.632. The maximum atomic E-state index is 5.96. The van der Waals surface area contributed by atoms with Crippen molar-refractivity contribution in [3.63, 3.8) is 0 Å². The standard InChI is InChI=1S/C11H17ClN2O/c1-14(2)9(7-13)8-15-11-6-4-3-5-10(11)12/h3-6,9H,7-8,13H2,1-2H3. The lowest BCUT2D eigenvalue weighted by molar-refractivity contribution is 0.190. The van der Waals surface area contributed by atoms with Crippen molar-refractivity contribution in [3.05, 3.63) is 29.3 Å². The van der Waals surface area contributed by atoms with Gasteiger partial charge in [0, 0.05) is 6.54 Å². The zero-order valence-electron chi connectivity index (χ0n) is 9.11. The van der Waals surface area contributed by atoms with Crippen LogP contribution in [0.15, 0.2) is 24.3 Å². The summed E-state index contributed by atoms with van der Waals surface area (Å²) in [5.74, 6) is 0.708. The van der Waals surface area contributed by atoms with Crippen LogP contribution in [0.5, 0.6) is 5.75 Å². The number of nitrogens with zero attached hydrogens (tertiary/aromatic N) is 1. The average molecular weight is 229 g/mol. The van der Waals surface area contributed by atoms with E-state index in [4.69, 9.17) is 22.1 Å². The van der Waals surface area contributed by atoms with Gasteiger partial charge >= 0.3 is 0 Å². The molecule has 1 atom stereocenters. The van der Waals surface area contributed by atoms with Crippen molar-refractivity contribution in [2.45, 2.75) is 6.04 Å². The third-order valence-electron chi connectivity index (χ3n) is 2.27. The Morgan fingerprint density at radius 2 is 2.07 bits per heavy atom. The van der Waals surface area contributed by atoms with Crippen LogP contribution in [-0.2, 0) is 0 Å². The summed E-state index contributed by atoms with van der Waals surface area (Å²) in [6.07, 6.45) is 0. The van der Waals surface area contributed by atoms with E-state index in [0.29, 0.717) is 23.9 Å². The van der Waals surface area contributed by atoms with Crippen molar-refractivity contribution in [1.82, 2.24) is 4.90 Å². The minimum absolute atomic E-state index is 0.210. The van der Waals surface area contributed by atoms with Gasteiger partial charge in [0.25, 0.3) is 0 Å². The van der Waals surface area contributed by atoms with E-state index in [0.717, 1.165) is 0 Å². The van der Waals surface area contributed by atoms with Crippen molar-refractivity contribution < 1.29 is 4.74 Å². The molecular weight excluding hydrogens is 212 g/mol. The average Bonchev–Trinajstić information content (AvgIpc) is 2.21. The predicted molar refractivity (Wildman–Crippen MR) is 63.5 cm³/mol. The quantitative estimate of drug-likeness (QED) is 0.832. The Morgan fingerprint density at radius 3 is 2.60 bits per heavy atom. The lowest BCUT2D eigenvalue weighted by atomic mass is 10.3. The van der Waals surface area contributed by atoms with Gasteiger partial charge in [0.15, 0.2) is 0 Å². The van der Waals surface area contributed by atoms with E-state index in [1.165, 1.54) is 0 Å². The first-order valence-electron chi connectivity index (χ1n) is 4.89. The lowest BCUT2D eigenvalue weighted by Gasteiger charge is -2.22. The highest BCUT2D eigenvalue weighted by molar-refractivity contribution is 6.32. The van der Waals surface area contributed by atoms with Crippen molar-refractivity contribution >= 4 is 11.6 Å². The molecule has 0 amide bonds. The Balaban J connectivity index is 2.53. The molecule has 0 aliphatic rings. The van der Waals surface area contributed by atoms with Crippen molar-refractivity contribution in [1.29, 1.82) is 0 Å². The molecule has 15 heavy (non-hydrogen) atoms. The molecule has 0 heterocycles. The molecule has 0 bridgehead atoms. The van der Waals surface area contributed by atoms with Gasteiger partial charge in [-0.05, 0) is 26.2 Å². The van der Waals surface area contributed by atoms with Gasteiger partial charge in [0.05, 0.1) is 11.1 Å². The van der Waals surface area contributed by atoms with E-state index in [9.17, 15) is 0 Å². The van der Waals surface area contributed by atoms with Gasteiger partial charge in [-0.3, -0.25) is 0 Å². The van der Waals surface area contributed by atoms with Gasteiger partial charge in [-0.1, -0.05) is 23.7 Å². The molecule has 0 aliphatic carbocycles. The molecule has 4 heteroatoms. The second-order valence-corrected chi connectivity index (χ2v) is 4.00. The minimum atomic E-state index is 0.210. The second kappa shape index (κ2) is 5.95. The van der Waals surface area contributed by atoms with E-state index < -0.39 is 0 Å². The molecule has 0 aliphatic heterocycles. The topological polar surface area (TPSA) is 38.5 Å². The zero-order valence-corrected chi connectivity index (χ0v) is 9.87. The van der Waals surface area contributed by atoms with Crippen LogP contribution in [-0.4, -0.2) is 38.2 Å². The molecule has 3 nitrogen and oxygen atoms in total. The van der Waals surface area contributed by atoms with Crippen LogP contribution in [0.3, 0.4) is 0 Å². The van der Waals surface area contributed by atoms with E-state index in [1.54, 1.807) is 0 Å². The number of benzene rings is 1. The zero-order chi connectivity index (χ0) is 11.3. The Morgan fingerprint density at radius 1 is 1.40 bits per heavy atom. The predicted octanol–water partition coefficient (Wildman–Crippen LogP) is 1.61. The maximum absolute atomic E-state index is 5.96. The molecule has 1 aromatic rings. The van der Waals surface area contributed by atoms with Gasteiger partial charge in [0.1, 0.15) is 12.4 Å². The first-order valence-corrected chi connectivity index (χ1v) is 5.26. The Hall–Kier alpha value is -0.770. The summed E-state index contributed by atoms with van der Waals surface area (Å²) in [5.41, 5.74) is 5.62. The molecule has 0 fully saturated rings. The fourth-order valence-corrected chi connectivity index (χ4v) is 1.37. The molecule has 0 aromatic heterocycles. The van der Waals surface area contributed by atoms with Crippen LogP contribution in [0.4, 0.5) is 0 Å². The van der Waals surface area contributed by atoms with Gasteiger partial charge in [-0.2, -0.15) is 0 Å². The summed E-state index contributed by atoms with van der Waals surface area (Å²) < 4.78 is 5.60. The number of para-hydroxylation sites is 1. The number of hydrogen-bond acceptors (Lipinski definition) is 3. The number of rotatable bonds is 5. The van der Waals surface area contributed by atoms with Gasteiger partial charge in [-0.25, -0.2) is 0 Å². The SMILES string of the molecule is CN(C)C(CN)COc1ccccc1Cl. The van der Waals surface area contributed by atoms with E-state index in [1.807, 2.05) is 43.3 Å². The summed E-state index contributed by atoms with van der Waals surface area (Å²) >= 11 is 5.96. The molecule has 84 valence electrons. The van der Waals surface area contributed by atoms with Gasteiger partial charge in [0.2, 0.25) is 0 Å². The van der Waals surface area contributed by atoms with E-state index in [2.05, 4.69) is 0 Å². The number of halogens is 1. The number of ether oxygens (including phenoxy) is 1. The maximum Gasteiger partial charge on any atom is 0.137 e. The Labute approximate surface area is 95.8 Å². The molecule has 1 aromatic carbocycles. The molecule has 0 spiro atoms.